The largest absolute Gasteiger partial charge is 0.478 e. The number of pyridine rings is 2. The van der Waals surface area contributed by atoms with Crippen LogP contribution < -0.4 is 11.1 Å². The molecule has 0 saturated carbocycles. The number of nitrogens with zero attached hydrogens (tertiary/aromatic N) is 4. The number of carbonyl (C=O) groups is 4. The Kier molecular flexibility index (Phi) is 21.3. The second-order valence-corrected chi connectivity index (χ2v) is 19.9. The summed E-state index contributed by atoms with van der Waals surface area (Å²) in [6.45, 7) is 8.34. The number of benzene rings is 4. The van der Waals surface area contributed by atoms with E-state index in [1.165, 1.54) is 46.9 Å². The summed E-state index contributed by atoms with van der Waals surface area (Å²) in [6.07, 6.45) is 4.06. The third-order valence-corrected chi connectivity index (χ3v) is 12.9. The lowest BCUT2D eigenvalue weighted by atomic mass is 10.1. The number of hydrogen-bond acceptors (Lipinski definition) is 15. The number of carboxylic acid groups (broad SMARTS) is 1. The zero-order valence-corrected chi connectivity index (χ0v) is 44.9. The number of ether oxygens (including phenoxy) is 4. The number of carbonyl (C=O) groups excluding carboxylic acids is 3. The Bertz CT molecular complexity index is 3230. The fraction of sp³-hybridized carbons (Fsp3) is 0.245. The van der Waals surface area contributed by atoms with Gasteiger partial charge in [0.25, 0.3) is 5.91 Å². The van der Waals surface area contributed by atoms with Gasteiger partial charge in [-0.05, 0) is 123 Å². The summed E-state index contributed by atoms with van der Waals surface area (Å²) in [6, 6.07) is 31.2. The summed E-state index contributed by atoms with van der Waals surface area (Å²) in [7, 11) is -1.00. The monoisotopic (exact) mass is 1140 g/mol. The number of halogens is 6. The minimum Gasteiger partial charge on any atom is -0.478 e. The maximum absolute atomic E-state index is 14.8. The summed E-state index contributed by atoms with van der Waals surface area (Å²) in [5.74, 6) is -3.38. The first-order valence-electron chi connectivity index (χ1n) is 23.2. The van der Waals surface area contributed by atoms with E-state index >= 15 is 0 Å². The maximum Gasteiger partial charge on any atom is 0.335 e. The van der Waals surface area contributed by atoms with Crippen molar-refractivity contribution in [2.45, 2.75) is 64.3 Å². The molecule has 4 aromatic heterocycles. The molecule has 4 aromatic carbocycles. The molecular formula is C53H50Cl3F3N6O9S2. The van der Waals surface area contributed by atoms with Crippen LogP contribution in [0.4, 0.5) is 23.4 Å². The van der Waals surface area contributed by atoms with Crippen molar-refractivity contribution in [2.75, 3.05) is 31.4 Å². The van der Waals surface area contributed by atoms with E-state index in [0.717, 1.165) is 31.6 Å². The van der Waals surface area contributed by atoms with Crippen molar-refractivity contribution in [1.82, 2.24) is 19.9 Å². The minimum absolute atomic E-state index is 0. The molecule has 0 radical (unpaired) electrons. The molecule has 1 amide bonds. The van der Waals surface area contributed by atoms with E-state index in [0.29, 0.717) is 53.0 Å². The van der Waals surface area contributed by atoms with Crippen LogP contribution in [0.1, 0.15) is 60.9 Å². The third kappa shape index (κ3) is 17.3. The minimum atomic E-state index is -1.14. The van der Waals surface area contributed by atoms with Crippen molar-refractivity contribution in [3.05, 3.63) is 155 Å². The molecule has 0 aliphatic carbocycles. The van der Waals surface area contributed by atoms with Gasteiger partial charge in [-0.3, -0.25) is 34.1 Å². The maximum atomic E-state index is 14.8. The Balaban J connectivity index is 0.000000215. The van der Waals surface area contributed by atoms with Gasteiger partial charge in [0.2, 0.25) is 0 Å². The number of nitrogens with two attached hydrogens (primary N) is 1. The van der Waals surface area contributed by atoms with Crippen LogP contribution in [-0.4, -0.2) is 91.6 Å². The van der Waals surface area contributed by atoms with Crippen LogP contribution in [-0.2, 0) is 41.4 Å². The van der Waals surface area contributed by atoms with Gasteiger partial charge in [0, 0.05) is 41.9 Å². The summed E-state index contributed by atoms with van der Waals surface area (Å²) in [5, 5.41) is 10.6. The lowest BCUT2D eigenvalue weighted by molar-refractivity contribution is -0.138. The average molecular weight is 1140 g/mol. The Hall–Kier alpha value is -6.46. The molecule has 0 spiro atoms. The Labute approximate surface area is 460 Å². The van der Waals surface area contributed by atoms with Gasteiger partial charge in [-0.25, -0.2) is 23.5 Å². The molecule has 2 aliphatic heterocycles. The first-order chi connectivity index (χ1) is 36.1. The molecule has 15 nitrogen and oxygen atoms in total. The third-order valence-electron chi connectivity index (χ3n) is 10.7. The quantitative estimate of drug-likeness (QED) is 0.0858. The number of anilines is 2. The highest BCUT2D eigenvalue weighted by Crippen LogP contribution is 2.30. The second-order valence-electron chi connectivity index (χ2n) is 17.1. The number of rotatable bonds is 10. The Morgan fingerprint density at radius 1 is 0.711 bits per heavy atom. The highest BCUT2D eigenvalue weighted by atomic mass is 35.5. The Morgan fingerprint density at radius 3 is 1.51 bits per heavy atom. The fourth-order valence-electron chi connectivity index (χ4n) is 7.39. The molecule has 76 heavy (non-hydrogen) atoms. The molecule has 2 fully saturated rings. The molecule has 2 aliphatic rings. The summed E-state index contributed by atoms with van der Waals surface area (Å²) >= 11 is 11.9. The number of aromatic nitrogens is 4. The number of para-hydroxylation sites is 2. The predicted octanol–water partition coefficient (Wildman–Crippen LogP) is 12.1. The van der Waals surface area contributed by atoms with Gasteiger partial charge in [0.05, 0.1) is 59.9 Å². The standard InChI is InChI=1S/C25H22FN3O3S.C18H18FNO4.C7H6N2S.C2Cl2O2.CH3F.ClH/c1-25(2)31-14-18(32-25)11-15-12-19(26)22(27-13-15)16-7-9-17(10-8-16)23(30)29-24-28-20-5-3-4-6-21(20)33-24;1-18(2)23-10-14(24-18)7-11-8-15(19)16(20-9-11)12-3-5-13(6-4-12)17(21)22;8-7-9-5-3-1-2-4-6(5)10-7;3-1(5)2(4)6;1-2;/h3-10,12-13,18H,11,14H2,1-2H3,(H,28,29,30);3-6,8-9,14H,7,10H2,1-2H3,(H,21,22);1-4H,(H2,8,9);;1H3;1H/t18-;14-;;;;/m00..../s1/i;;;;1D;. The van der Waals surface area contributed by atoms with Crippen LogP contribution in [0.15, 0.2) is 122 Å². The van der Waals surface area contributed by atoms with Crippen LogP contribution >= 0.6 is 58.3 Å². The smallest absolute Gasteiger partial charge is 0.335 e. The zero-order chi connectivity index (χ0) is 55.2. The highest BCUT2D eigenvalue weighted by Gasteiger charge is 2.34. The van der Waals surface area contributed by atoms with Crippen LogP contribution in [0.3, 0.4) is 0 Å². The van der Waals surface area contributed by atoms with E-state index in [1.807, 2.05) is 76.2 Å². The summed E-state index contributed by atoms with van der Waals surface area (Å²) in [4.78, 5) is 59.3. The molecule has 6 heterocycles. The normalized spacial score (nSPS) is 15.9. The lowest BCUT2D eigenvalue weighted by Gasteiger charge is -2.17. The number of nitrogen functional groups attached to an aromatic ring is 1. The van der Waals surface area contributed by atoms with Gasteiger partial charge >= 0.3 is 16.5 Å². The molecule has 0 bridgehead atoms. The SMILES string of the molecule is CC1(C)OC[C@H](Cc2cnc(-c3ccc(C(=O)Nc4nc5ccccc5s4)cc3)c(F)c2)O1.CC1(C)OC[C@H](Cc2cnc(-c3ccc(C(=O)O)cc3)c(F)c2)O1.Cl.Nc1nc2ccccc2s1.O=C(Cl)C(=O)Cl.[2H]CF. The van der Waals surface area contributed by atoms with Gasteiger partial charge in [0.15, 0.2) is 21.8 Å². The molecule has 0 unspecified atom stereocenters. The van der Waals surface area contributed by atoms with Crippen molar-refractivity contribution in [3.8, 4) is 22.5 Å². The number of hydrogen-bond donors (Lipinski definition) is 3. The van der Waals surface area contributed by atoms with E-state index < -0.39 is 46.8 Å². The number of carboxylic acids is 1. The van der Waals surface area contributed by atoms with Crippen molar-refractivity contribution in [2.24, 2.45) is 0 Å². The van der Waals surface area contributed by atoms with E-state index in [4.69, 9.17) is 31.2 Å². The van der Waals surface area contributed by atoms with Crippen molar-refractivity contribution < 1.29 is 57.8 Å². The number of alkyl halides is 1. The molecule has 8 aromatic rings. The van der Waals surface area contributed by atoms with Crippen molar-refractivity contribution in [1.29, 1.82) is 0 Å². The molecule has 23 heteroatoms. The van der Waals surface area contributed by atoms with Gasteiger partial charge in [-0.1, -0.05) is 71.2 Å². The summed E-state index contributed by atoms with van der Waals surface area (Å²) in [5.41, 5.74) is 11.0. The fourth-order valence-corrected chi connectivity index (χ4v) is 8.99. The van der Waals surface area contributed by atoms with Gasteiger partial charge in [-0.15, -0.1) is 12.4 Å². The number of aromatic carboxylic acids is 1. The first-order valence-corrected chi connectivity index (χ1v) is 24.9. The van der Waals surface area contributed by atoms with Crippen molar-refractivity contribution >= 4 is 111 Å². The molecule has 2 saturated heterocycles. The number of thiazole rings is 2. The number of amides is 1. The van der Waals surface area contributed by atoms with Crippen LogP contribution in [0.25, 0.3) is 42.9 Å². The second kappa shape index (κ2) is 27.5. The van der Waals surface area contributed by atoms with Crippen LogP contribution in [0, 0.1) is 11.6 Å². The average Bonchev–Trinajstić information content (AvgIpc) is 4.16. The first kappa shape index (κ1) is 58.8. The Morgan fingerprint density at radius 2 is 1.13 bits per heavy atom. The molecule has 4 N–H and O–H groups in total. The number of nitrogens with one attached hydrogen (secondary N) is 1. The van der Waals surface area contributed by atoms with E-state index in [2.05, 4.69) is 48.5 Å². The van der Waals surface area contributed by atoms with E-state index in [9.17, 15) is 32.3 Å². The topological polar surface area (TPSA) is 215 Å². The van der Waals surface area contributed by atoms with Gasteiger partial charge < -0.3 is 29.8 Å². The molecule has 10 rings (SSSR count). The lowest BCUT2D eigenvalue weighted by Crippen LogP contribution is -2.22. The highest BCUT2D eigenvalue weighted by molar-refractivity contribution is 7.22. The summed E-state index contributed by atoms with van der Waals surface area (Å²) < 4.78 is 69.4. The van der Waals surface area contributed by atoms with Gasteiger partial charge in [-0.2, -0.15) is 0 Å². The zero-order valence-electron chi connectivity index (χ0n) is 41.9. The predicted molar refractivity (Wildman–Crippen MR) is 291 cm³/mol. The molecule has 2 atom stereocenters. The van der Waals surface area contributed by atoms with Crippen LogP contribution in [0.2, 0.25) is 0 Å². The van der Waals surface area contributed by atoms with E-state index in [1.54, 1.807) is 48.8 Å². The molecule has 400 valence electrons. The van der Waals surface area contributed by atoms with Gasteiger partial charge in [0.1, 0.15) is 23.0 Å². The number of fused-ring (bicyclic) bond motifs is 2. The van der Waals surface area contributed by atoms with Crippen molar-refractivity contribution in [3.63, 3.8) is 0 Å². The molecular weight excluding hydrogens is 1090 g/mol. The van der Waals surface area contributed by atoms with Crippen LogP contribution in [0.5, 0.6) is 0 Å². The van der Waals surface area contributed by atoms with E-state index in [-0.39, 0.29) is 47.5 Å².